The first-order valence-corrected chi connectivity index (χ1v) is 13.5. The lowest BCUT2D eigenvalue weighted by Gasteiger charge is -2.16. The number of hydrogen-bond acceptors (Lipinski definition) is 9. The van der Waals surface area contributed by atoms with E-state index in [0.29, 0.717) is 27.4 Å². The highest BCUT2D eigenvalue weighted by Crippen LogP contribution is 2.35. The molecule has 0 atom stereocenters. The number of benzene rings is 2. The van der Waals surface area contributed by atoms with Crippen molar-refractivity contribution in [2.45, 2.75) is 6.92 Å². The number of phenolic OH excluding ortho intramolecular Hbond substituents is 1. The Labute approximate surface area is 245 Å². The third kappa shape index (κ3) is 5.39. The van der Waals surface area contributed by atoms with E-state index in [0.717, 1.165) is 11.8 Å². The highest BCUT2D eigenvalue weighted by atomic mass is 32.2. The van der Waals surface area contributed by atoms with E-state index >= 15 is 0 Å². The van der Waals surface area contributed by atoms with Crippen LogP contribution in [0.2, 0.25) is 0 Å². The van der Waals surface area contributed by atoms with Gasteiger partial charge in [0.15, 0.2) is 28.1 Å². The number of aliphatic imine (C=N–C) groups is 1. The summed E-state index contributed by atoms with van der Waals surface area (Å²) in [5.41, 5.74) is 5.25. The van der Waals surface area contributed by atoms with E-state index in [2.05, 4.69) is 10.4 Å². The van der Waals surface area contributed by atoms with Crippen molar-refractivity contribution in [3.05, 3.63) is 111 Å². The van der Waals surface area contributed by atoms with E-state index in [-0.39, 0.29) is 39.5 Å². The number of carbonyl (C=O) groups excluding carboxylic acids is 2. The van der Waals surface area contributed by atoms with Crippen LogP contribution in [0.3, 0.4) is 0 Å². The Hall–Kier alpha value is -5.23. The van der Waals surface area contributed by atoms with Crippen LogP contribution in [0.15, 0.2) is 99.0 Å². The summed E-state index contributed by atoms with van der Waals surface area (Å²) in [5.74, 6) is -0.308. The number of amidine groups is 1. The number of hydrogen-bond donors (Lipinski definition) is 2. The van der Waals surface area contributed by atoms with Gasteiger partial charge in [-0.1, -0.05) is 24.3 Å². The summed E-state index contributed by atoms with van der Waals surface area (Å²) >= 11 is 1.08. The number of aromatic hydroxyl groups is 1. The first-order valence-electron chi connectivity index (χ1n) is 12.7. The molecule has 3 aromatic rings. The number of carbonyl (C=O) groups is 2. The molecule has 1 aliphatic heterocycles. The van der Waals surface area contributed by atoms with Crippen molar-refractivity contribution >= 4 is 40.4 Å². The molecule has 0 bridgehead atoms. The number of rotatable bonds is 7. The number of hydrazine groups is 1. The van der Waals surface area contributed by atoms with Gasteiger partial charge in [0.25, 0.3) is 11.5 Å². The number of nitrogens with zero attached hydrogens (tertiary/aromatic N) is 4. The Balaban J connectivity index is 1.57. The van der Waals surface area contributed by atoms with Crippen LogP contribution in [0.5, 0.6) is 11.5 Å². The summed E-state index contributed by atoms with van der Waals surface area (Å²) in [6.45, 7) is 1.78. The Kier molecular flexibility index (Phi) is 7.89. The van der Waals surface area contributed by atoms with Crippen molar-refractivity contribution in [2.75, 3.05) is 14.2 Å². The number of ketones is 1. The first-order chi connectivity index (χ1) is 20.2. The third-order valence-electron chi connectivity index (χ3n) is 6.59. The van der Waals surface area contributed by atoms with E-state index in [1.807, 2.05) is 30.3 Å². The predicted molar refractivity (Wildman–Crippen MR) is 160 cm³/mol. The molecule has 1 aromatic heterocycles. The number of methoxy groups -OCH3 is 2. The number of nitrogens with one attached hydrogen (secondary N) is 1. The Morgan fingerprint density at radius 3 is 2.50 bits per heavy atom. The number of para-hydroxylation sites is 1. The number of allylic oxidation sites excluding steroid dienone is 4. The normalized spacial score (nSPS) is 17.9. The standard InChI is InChI=1S/C30H27N5O6S/c1-18-27(29(39)35(33(18)2)21-8-6-5-7-9-21)32-30-34(31-17-20-11-13-23(37)25(15-20)41-4)28(38)26(42-30)16-19-10-12-22(36)24(14-19)40-3/h5-17,31,36H,1-4H3/b20-17+,26-16-,32-30?. The second kappa shape index (κ2) is 11.7. The molecule has 2 aliphatic rings. The van der Waals surface area contributed by atoms with Crippen LogP contribution < -0.4 is 15.7 Å². The Morgan fingerprint density at radius 1 is 1.02 bits per heavy atom. The summed E-state index contributed by atoms with van der Waals surface area (Å²) in [5, 5.41) is 11.4. The molecule has 0 saturated carbocycles. The van der Waals surface area contributed by atoms with Crippen LogP contribution in [0.1, 0.15) is 11.3 Å². The SMILES string of the molecule is COC1=C/C(=C/NN2C(=O)/C(=C/c3ccc(O)c(OC)c3)SC2=Nc2c(C)n(C)n(-c3ccccc3)c2=O)C=CC1=O. The third-order valence-corrected chi connectivity index (χ3v) is 7.56. The number of ether oxygens (including phenoxy) is 2. The minimum absolute atomic E-state index is 0.0287. The molecule has 1 saturated heterocycles. The maximum absolute atomic E-state index is 13.6. The number of phenols is 1. The summed E-state index contributed by atoms with van der Waals surface area (Å²) in [7, 11) is 4.60. The molecular formula is C30H27N5O6S. The van der Waals surface area contributed by atoms with Gasteiger partial charge in [0.2, 0.25) is 5.78 Å². The second-order valence-corrected chi connectivity index (χ2v) is 10.2. The maximum Gasteiger partial charge on any atom is 0.297 e. The molecule has 1 aliphatic carbocycles. The molecule has 2 heterocycles. The van der Waals surface area contributed by atoms with Crippen molar-refractivity contribution in [3.8, 4) is 17.2 Å². The summed E-state index contributed by atoms with van der Waals surface area (Å²) < 4.78 is 13.5. The number of amides is 1. The monoisotopic (exact) mass is 585 g/mol. The number of thioether (sulfide) groups is 1. The lowest BCUT2D eigenvalue weighted by atomic mass is 10.1. The largest absolute Gasteiger partial charge is 0.504 e. The first kappa shape index (κ1) is 28.3. The molecule has 2 N–H and O–H groups in total. The van der Waals surface area contributed by atoms with Gasteiger partial charge in [-0.2, -0.15) is 5.01 Å². The minimum atomic E-state index is -0.425. The van der Waals surface area contributed by atoms with E-state index in [1.54, 1.807) is 49.0 Å². The molecule has 0 radical (unpaired) electrons. The average molecular weight is 586 g/mol. The molecule has 0 spiro atoms. The van der Waals surface area contributed by atoms with Gasteiger partial charge in [0, 0.05) is 13.2 Å². The van der Waals surface area contributed by atoms with Gasteiger partial charge in [0.1, 0.15) is 0 Å². The molecule has 2 aromatic carbocycles. The summed E-state index contributed by atoms with van der Waals surface area (Å²) in [4.78, 5) is 44.1. The quantitative estimate of drug-likeness (QED) is 0.401. The minimum Gasteiger partial charge on any atom is -0.504 e. The lowest BCUT2D eigenvalue weighted by Crippen LogP contribution is -2.39. The molecule has 42 heavy (non-hydrogen) atoms. The van der Waals surface area contributed by atoms with Gasteiger partial charge in [-0.3, -0.25) is 24.5 Å². The van der Waals surface area contributed by atoms with Gasteiger partial charge in [-0.05, 0) is 78.4 Å². The van der Waals surface area contributed by atoms with Crippen LogP contribution >= 0.6 is 11.8 Å². The van der Waals surface area contributed by atoms with E-state index < -0.39 is 5.91 Å². The van der Waals surface area contributed by atoms with E-state index in [9.17, 15) is 19.5 Å². The molecule has 11 nitrogen and oxygen atoms in total. The van der Waals surface area contributed by atoms with Crippen LogP contribution in [0.4, 0.5) is 5.69 Å². The summed E-state index contributed by atoms with van der Waals surface area (Å²) in [6.07, 6.45) is 7.66. The molecule has 1 amide bonds. The maximum atomic E-state index is 13.6. The molecule has 214 valence electrons. The molecular weight excluding hydrogens is 558 g/mol. The molecule has 1 fully saturated rings. The Bertz CT molecular complexity index is 1800. The Morgan fingerprint density at radius 2 is 1.79 bits per heavy atom. The van der Waals surface area contributed by atoms with Gasteiger partial charge < -0.3 is 14.6 Å². The van der Waals surface area contributed by atoms with E-state index in [1.165, 1.54) is 42.3 Å². The van der Waals surface area contributed by atoms with Gasteiger partial charge >= 0.3 is 0 Å². The highest BCUT2D eigenvalue weighted by Gasteiger charge is 2.34. The van der Waals surface area contributed by atoms with Crippen molar-refractivity contribution < 1.29 is 24.2 Å². The predicted octanol–water partition coefficient (Wildman–Crippen LogP) is 3.86. The van der Waals surface area contributed by atoms with Crippen molar-refractivity contribution in [2.24, 2.45) is 12.0 Å². The fourth-order valence-electron chi connectivity index (χ4n) is 4.29. The molecule has 5 rings (SSSR count). The van der Waals surface area contributed by atoms with Crippen molar-refractivity contribution in [1.29, 1.82) is 0 Å². The zero-order chi connectivity index (χ0) is 30.0. The van der Waals surface area contributed by atoms with Gasteiger partial charge in [-0.25, -0.2) is 9.67 Å². The van der Waals surface area contributed by atoms with Gasteiger partial charge in [0.05, 0.1) is 30.5 Å². The molecule has 12 heteroatoms. The van der Waals surface area contributed by atoms with Crippen molar-refractivity contribution in [3.63, 3.8) is 0 Å². The summed E-state index contributed by atoms with van der Waals surface area (Å²) in [6, 6.07) is 13.9. The van der Waals surface area contributed by atoms with Crippen LogP contribution in [0, 0.1) is 6.92 Å². The smallest absolute Gasteiger partial charge is 0.297 e. The van der Waals surface area contributed by atoms with Crippen molar-refractivity contribution in [1.82, 2.24) is 19.8 Å². The molecule has 0 unspecified atom stereocenters. The fourth-order valence-corrected chi connectivity index (χ4v) is 5.22. The fraction of sp³-hybridized carbons (Fsp3) is 0.133. The highest BCUT2D eigenvalue weighted by molar-refractivity contribution is 8.18. The van der Waals surface area contributed by atoms with Crippen LogP contribution in [0.25, 0.3) is 11.8 Å². The van der Waals surface area contributed by atoms with Gasteiger partial charge in [-0.15, -0.1) is 0 Å². The number of aromatic nitrogens is 2. The topological polar surface area (TPSA) is 127 Å². The zero-order valence-electron chi connectivity index (χ0n) is 23.2. The van der Waals surface area contributed by atoms with Crippen LogP contribution in [-0.4, -0.2) is 50.6 Å². The average Bonchev–Trinajstić information content (AvgIpc) is 3.40. The zero-order valence-corrected chi connectivity index (χ0v) is 24.0. The van der Waals surface area contributed by atoms with E-state index in [4.69, 9.17) is 9.47 Å². The lowest BCUT2D eigenvalue weighted by molar-refractivity contribution is -0.123. The van der Waals surface area contributed by atoms with Crippen LogP contribution in [-0.2, 0) is 21.4 Å². The second-order valence-electron chi connectivity index (χ2n) is 9.17.